The molecule has 1 aromatic rings. The molecule has 1 aromatic carbocycles. The number of carbonyl (C=O) groups excluding carboxylic acids is 1. The van der Waals surface area contributed by atoms with Gasteiger partial charge in [-0.1, -0.05) is 18.5 Å². The van der Waals surface area contributed by atoms with Gasteiger partial charge in [-0.25, -0.2) is 0 Å². The maximum Gasteiger partial charge on any atom is 0.251 e. The fourth-order valence-corrected chi connectivity index (χ4v) is 2.14. The Balaban J connectivity index is 2.96. The molecule has 0 spiro atoms. The molecule has 2 N–H and O–H groups in total. The first kappa shape index (κ1) is 16.6. The van der Waals surface area contributed by atoms with E-state index in [-0.39, 0.29) is 18.6 Å². The molecular formula is C14H20ClNO4. The van der Waals surface area contributed by atoms with E-state index in [4.69, 9.17) is 26.2 Å². The van der Waals surface area contributed by atoms with E-state index in [1.807, 2.05) is 6.92 Å². The van der Waals surface area contributed by atoms with Crippen molar-refractivity contribution in [1.29, 1.82) is 0 Å². The lowest BCUT2D eigenvalue weighted by atomic mass is 10.1. The molecule has 0 saturated carbocycles. The van der Waals surface area contributed by atoms with Crippen LogP contribution < -0.4 is 14.8 Å². The monoisotopic (exact) mass is 301 g/mol. The summed E-state index contributed by atoms with van der Waals surface area (Å²) in [4.78, 5) is 12.2. The van der Waals surface area contributed by atoms with E-state index in [1.165, 1.54) is 20.3 Å². The molecule has 1 atom stereocenters. The van der Waals surface area contributed by atoms with Gasteiger partial charge in [-0.2, -0.15) is 0 Å². The molecular weight excluding hydrogens is 282 g/mol. The number of halogens is 1. The number of benzene rings is 1. The van der Waals surface area contributed by atoms with Gasteiger partial charge in [-0.3, -0.25) is 4.79 Å². The van der Waals surface area contributed by atoms with Crippen LogP contribution in [0.3, 0.4) is 0 Å². The minimum absolute atomic E-state index is 0.0332. The summed E-state index contributed by atoms with van der Waals surface area (Å²) in [5.41, 5.74) is 0.393. The molecule has 0 fully saturated rings. The van der Waals surface area contributed by atoms with E-state index >= 15 is 0 Å². The predicted molar refractivity (Wildman–Crippen MR) is 77.8 cm³/mol. The first-order valence-corrected chi connectivity index (χ1v) is 6.78. The van der Waals surface area contributed by atoms with Crippen molar-refractivity contribution in [3.05, 3.63) is 22.7 Å². The van der Waals surface area contributed by atoms with Crippen LogP contribution in [0.5, 0.6) is 11.5 Å². The highest BCUT2D eigenvalue weighted by Gasteiger charge is 2.17. The van der Waals surface area contributed by atoms with Crippen molar-refractivity contribution >= 4 is 17.5 Å². The SMILES string of the molecule is CCC(CCO)NC(=O)c1cc(Cl)c(OC)c(OC)c1. The fourth-order valence-electron chi connectivity index (χ4n) is 1.85. The molecule has 0 radical (unpaired) electrons. The predicted octanol–water partition coefficient (Wildman–Crippen LogP) is 2.25. The molecule has 1 unspecified atom stereocenters. The van der Waals surface area contributed by atoms with Crippen LogP contribution in [-0.4, -0.2) is 37.9 Å². The molecule has 0 bridgehead atoms. The molecule has 1 rings (SSSR count). The van der Waals surface area contributed by atoms with Crippen molar-refractivity contribution in [3.63, 3.8) is 0 Å². The first-order chi connectivity index (χ1) is 9.57. The fraction of sp³-hybridized carbons (Fsp3) is 0.500. The van der Waals surface area contributed by atoms with Gasteiger partial charge in [0.15, 0.2) is 11.5 Å². The number of carbonyl (C=O) groups is 1. The summed E-state index contributed by atoms with van der Waals surface area (Å²) < 4.78 is 10.3. The molecule has 1 amide bonds. The van der Waals surface area contributed by atoms with Gasteiger partial charge in [0.25, 0.3) is 5.91 Å². The number of hydrogen-bond donors (Lipinski definition) is 2. The molecule has 6 heteroatoms. The van der Waals surface area contributed by atoms with Crippen LogP contribution in [-0.2, 0) is 0 Å². The van der Waals surface area contributed by atoms with E-state index in [1.54, 1.807) is 6.07 Å². The number of ether oxygens (including phenoxy) is 2. The average molecular weight is 302 g/mol. The topological polar surface area (TPSA) is 67.8 Å². The van der Waals surface area contributed by atoms with E-state index in [2.05, 4.69) is 5.32 Å². The maximum atomic E-state index is 12.2. The summed E-state index contributed by atoms with van der Waals surface area (Å²) >= 11 is 6.06. The van der Waals surface area contributed by atoms with Crippen molar-refractivity contribution in [1.82, 2.24) is 5.32 Å². The van der Waals surface area contributed by atoms with Crippen LogP contribution in [0.1, 0.15) is 30.1 Å². The third kappa shape index (κ3) is 4.02. The molecule has 0 aliphatic rings. The lowest BCUT2D eigenvalue weighted by Crippen LogP contribution is -2.35. The number of aliphatic hydroxyl groups is 1. The van der Waals surface area contributed by atoms with Crippen molar-refractivity contribution < 1.29 is 19.4 Å². The van der Waals surface area contributed by atoms with Gasteiger partial charge >= 0.3 is 0 Å². The smallest absolute Gasteiger partial charge is 0.251 e. The van der Waals surface area contributed by atoms with Gasteiger partial charge in [0, 0.05) is 18.2 Å². The Labute approximate surface area is 123 Å². The Morgan fingerprint density at radius 3 is 2.60 bits per heavy atom. The Hall–Kier alpha value is -1.46. The van der Waals surface area contributed by atoms with E-state index in [0.717, 1.165) is 6.42 Å². The minimum Gasteiger partial charge on any atom is -0.493 e. The number of hydrogen-bond acceptors (Lipinski definition) is 4. The highest BCUT2D eigenvalue weighted by atomic mass is 35.5. The average Bonchev–Trinajstić information content (AvgIpc) is 2.45. The van der Waals surface area contributed by atoms with Gasteiger partial charge in [0.1, 0.15) is 0 Å². The maximum absolute atomic E-state index is 12.2. The lowest BCUT2D eigenvalue weighted by Gasteiger charge is -2.17. The third-order valence-corrected chi connectivity index (χ3v) is 3.28. The zero-order valence-corrected chi connectivity index (χ0v) is 12.7. The van der Waals surface area contributed by atoms with Crippen LogP contribution in [0.25, 0.3) is 0 Å². The van der Waals surface area contributed by atoms with Gasteiger partial charge in [0.05, 0.1) is 19.2 Å². The van der Waals surface area contributed by atoms with Gasteiger partial charge < -0.3 is 19.9 Å². The lowest BCUT2D eigenvalue weighted by molar-refractivity contribution is 0.0928. The second-order valence-corrected chi connectivity index (χ2v) is 4.69. The number of rotatable bonds is 7. The second kappa shape index (κ2) is 7.97. The Kier molecular flexibility index (Phi) is 6.61. The molecule has 0 aromatic heterocycles. The summed E-state index contributed by atoms with van der Waals surface area (Å²) in [6.07, 6.45) is 1.26. The summed E-state index contributed by atoms with van der Waals surface area (Å²) in [5, 5.41) is 12.1. The van der Waals surface area contributed by atoms with Gasteiger partial charge in [0.2, 0.25) is 0 Å². The number of amides is 1. The highest BCUT2D eigenvalue weighted by molar-refractivity contribution is 6.32. The summed E-state index contributed by atoms with van der Waals surface area (Å²) in [6, 6.07) is 3.04. The van der Waals surface area contributed by atoms with Gasteiger partial charge in [-0.15, -0.1) is 0 Å². The normalized spacial score (nSPS) is 11.8. The quantitative estimate of drug-likeness (QED) is 0.810. The van der Waals surface area contributed by atoms with Crippen molar-refractivity contribution in [2.75, 3.05) is 20.8 Å². The first-order valence-electron chi connectivity index (χ1n) is 6.40. The zero-order valence-electron chi connectivity index (χ0n) is 11.9. The molecule has 20 heavy (non-hydrogen) atoms. The second-order valence-electron chi connectivity index (χ2n) is 4.28. The minimum atomic E-state index is -0.256. The summed E-state index contributed by atoms with van der Waals surface area (Å²) in [5.74, 6) is 0.543. The van der Waals surface area contributed by atoms with E-state index < -0.39 is 0 Å². The third-order valence-electron chi connectivity index (χ3n) is 3.00. The van der Waals surface area contributed by atoms with Crippen molar-refractivity contribution in [3.8, 4) is 11.5 Å². The zero-order chi connectivity index (χ0) is 15.1. The molecule has 0 saturated heterocycles. The molecule has 0 aliphatic heterocycles. The standard InChI is InChI=1S/C14H20ClNO4/c1-4-10(5-6-17)16-14(18)9-7-11(15)13(20-3)12(8-9)19-2/h7-8,10,17H,4-6H2,1-3H3,(H,16,18). The van der Waals surface area contributed by atoms with Crippen LogP contribution in [0.4, 0.5) is 0 Å². The number of nitrogens with one attached hydrogen (secondary N) is 1. The van der Waals surface area contributed by atoms with Crippen LogP contribution in [0.2, 0.25) is 5.02 Å². The summed E-state index contributed by atoms with van der Waals surface area (Å²) in [7, 11) is 2.97. The summed E-state index contributed by atoms with van der Waals surface area (Å²) in [6.45, 7) is 1.98. The van der Waals surface area contributed by atoms with Crippen molar-refractivity contribution in [2.24, 2.45) is 0 Å². The van der Waals surface area contributed by atoms with Gasteiger partial charge in [-0.05, 0) is 25.0 Å². The Morgan fingerprint density at radius 2 is 2.10 bits per heavy atom. The molecule has 0 aliphatic carbocycles. The number of aliphatic hydroxyl groups excluding tert-OH is 1. The largest absolute Gasteiger partial charge is 0.493 e. The van der Waals surface area contributed by atoms with Crippen molar-refractivity contribution in [2.45, 2.75) is 25.8 Å². The highest BCUT2D eigenvalue weighted by Crippen LogP contribution is 2.35. The molecule has 0 heterocycles. The van der Waals surface area contributed by atoms with Crippen LogP contribution >= 0.6 is 11.6 Å². The Bertz CT molecular complexity index is 465. The molecule has 5 nitrogen and oxygen atoms in total. The Morgan fingerprint density at radius 1 is 1.40 bits per heavy atom. The van der Waals surface area contributed by atoms with Crippen LogP contribution in [0.15, 0.2) is 12.1 Å². The van der Waals surface area contributed by atoms with E-state index in [9.17, 15) is 4.79 Å². The van der Waals surface area contributed by atoms with Crippen LogP contribution in [0, 0.1) is 0 Å². The molecule has 112 valence electrons. The van der Waals surface area contributed by atoms with E-state index in [0.29, 0.717) is 28.5 Å². The number of methoxy groups -OCH3 is 2.